The summed E-state index contributed by atoms with van der Waals surface area (Å²) in [4.78, 5) is 5.01. The second-order valence-electron chi connectivity index (χ2n) is 9.31. The van der Waals surface area contributed by atoms with E-state index in [9.17, 15) is 0 Å². The maximum Gasteiger partial charge on any atom is 0.103 e. The summed E-state index contributed by atoms with van der Waals surface area (Å²) >= 11 is 6.75. The molecule has 2 aromatic heterocycles. The van der Waals surface area contributed by atoms with Gasteiger partial charge in [-0.15, -0.1) is 0 Å². The lowest BCUT2D eigenvalue weighted by atomic mass is 9.95. The van der Waals surface area contributed by atoms with Gasteiger partial charge in [0.1, 0.15) is 5.69 Å². The molecule has 3 aliphatic rings. The lowest BCUT2D eigenvalue weighted by molar-refractivity contribution is -0.134. The van der Waals surface area contributed by atoms with Gasteiger partial charge in [-0.05, 0) is 38.8 Å². The Morgan fingerprint density at radius 2 is 1.97 bits per heavy atom. The summed E-state index contributed by atoms with van der Waals surface area (Å²) in [6.45, 7) is 9.24. The fraction of sp³-hybridized carbons (Fsp3) is 0.545. The summed E-state index contributed by atoms with van der Waals surface area (Å²) in [7, 11) is 0. The predicted molar refractivity (Wildman–Crippen MR) is 118 cm³/mol. The van der Waals surface area contributed by atoms with Crippen molar-refractivity contribution in [1.82, 2.24) is 24.5 Å². The Bertz CT molecular complexity index is 1100. The molecule has 6 rings (SSSR count). The van der Waals surface area contributed by atoms with E-state index in [1.165, 1.54) is 12.8 Å². The molecule has 3 aromatic rings. The zero-order valence-corrected chi connectivity index (χ0v) is 18.2. The van der Waals surface area contributed by atoms with E-state index in [0.29, 0.717) is 12.1 Å². The van der Waals surface area contributed by atoms with E-state index >= 15 is 0 Å². The number of hydrogen-bond donors (Lipinski definition) is 0. The molecule has 1 aliphatic carbocycles. The second kappa shape index (κ2) is 6.70. The van der Waals surface area contributed by atoms with Crippen LogP contribution in [0.25, 0.3) is 16.6 Å². The lowest BCUT2D eigenvalue weighted by Gasteiger charge is -2.52. The van der Waals surface area contributed by atoms with Crippen molar-refractivity contribution in [2.45, 2.75) is 44.3 Å². The molecule has 4 heterocycles. The molecule has 0 radical (unpaired) electrons. The van der Waals surface area contributed by atoms with Gasteiger partial charge in [0.05, 0.1) is 59.6 Å². The number of hydrogen-bond acceptors (Lipinski definition) is 5. The van der Waals surface area contributed by atoms with Gasteiger partial charge in [0.25, 0.3) is 0 Å². The molecular formula is C22H27ClN6O. The van der Waals surface area contributed by atoms with Crippen LogP contribution in [0.4, 0.5) is 5.69 Å². The molecule has 0 amide bonds. The first-order valence-electron chi connectivity index (χ1n) is 10.8. The Hall–Kier alpha value is -2.09. The van der Waals surface area contributed by atoms with E-state index in [4.69, 9.17) is 16.3 Å². The fourth-order valence-corrected chi connectivity index (χ4v) is 5.10. The summed E-state index contributed by atoms with van der Waals surface area (Å²) in [5.41, 5.74) is 3.34. The highest BCUT2D eigenvalue weighted by Crippen LogP contribution is 2.37. The van der Waals surface area contributed by atoms with Crippen LogP contribution in [-0.2, 0) is 4.74 Å². The Labute approximate surface area is 181 Å². The highest BCUT2D eigenvalue weighted by Gasteiger charge is 2.42. The molecule has 158 valence electrons. The molecule has 1 saturated carbocycles. The maximum absolute atomic E-state index is 6.75. The van der Waals surface area contributed by atoms with E-state index in [0.717, 1.165) is 60.1 Å². The van der Waals surface area contributed by atoms with Gasteiger partial charge in [-0.3, -0.25) is 9.58 Å². The van der Waals surface area contributed by atoms with Crippen LogP contribution in [-0.4, -0.2) is 68.9 Å². The van der Waals surface area contributed by atoms with Gasteiger partial charge in [0, 0.05) is 31.1 Å². The lowest BCUT2D eigenvalue weighted by Crippen LogP contribution is -2.66. The monoisotopic (exact) mass is 426 g/mol. The van der Waals surface area contributed by atoms with Crippen molar-refractivity contribution in [2.75, 3.05) is 37.7 Å². The zero-order valence-electron chi connectivity index (χ0n) is 17.5. The van der Waals surface area contributed by atoms with Crippen molar-refractivity contribution < 1.29 is 4.74 Å². The quantitative estimate of drug-likeness (QED) is 0.639. The van der Waals surface area contributed by atoms with Crippen LogP contribution in [0.15, 0.2) is 30.7 Å². The molecule has 3 fully saturated rings. The Kier molecular flexibility index (Phi) is 4.17. The molecule has 1 atom stereocenters. The largest absolute Gasteiger partial charge is 0.377 e. The summed E-state index contributed by atoms with van der Waals surface area (Å²) in [5.74, 6) is 0. The molecule has 0 unspecified atom stereocenters. The molecule has 0 spiro atoms. The minimum absolute atomic E-state index is 0.189. The molecular weight excluding hydrogens is 400 g/mol. The number of piperazine rings is 1. The van der Waals surface area contributed by atoms with Crippen LogP contribution in [0.3, 0.4) is 0 Å². The van der Waals surface area contributed by atoms with Crippen molar-refractivity contribution >= 4 is 28.2 Å². The molecule has 30 heavy (non-hydrogen) atoms. The first kappa shape index (κ1) is 18.7. The number of benzene rings is 1. The highest BCUT2D eigenvalue weighted by atomic mass is 35.5. The van der Waals surface area contributed by atoms with E-state index in [1.54, 1.807) is 0 Å². The number of rotatable bonds is 4. The Morgan fingerprint density at radius 1 is 1.13 bits per heavy atom. The molecule has 2 aliphatic heterocycles. The Balaban J connectivity index is 1.32. The topological polar surface area (TPSA) is 51.4 Å². The zero-order chi connectivity index (χ0) is 20.5. The van der Waals surface area contributed by atoms with Gasteiger partial charge in [0.2, 0.25) is 0 Å². The van der Waals surface area contributed by atoms with Crippen LogP contribution >= 0.6 is 11.6 Å². The van der Waals surface area contributed by atoms with Gasteiger partial charge in [-0.2, -0.15) is 10.2 Å². The maximum atomic E-state index is 6.75. The third kappa shape index (κ3) is 2.94. The summed E-state index contributed by atoms with van der Waals surface area (Å²) in [6, 6.07) is 5.17. The van der Waals surface area contributed by atoms with Crippen LogP contribution < -0.4 is 4.90 Å². The summed E-state index contributed by atoms with van der Waals surface area (Å²) in [6.07, 6.45) is 8.33. The van der Waals surface area contributed by atoms with E-state index in [2.05, 4.69) is 50.8 Å². The van der Waals surface area contributed by atoms with Crippen molar-refractivity contribution in [2.24, 2.45) is 0 Å². The fourth-order valence-electron chi connectivity index (χ4n) is 4.82. The Morgan fingerprint density at radius 3 is 2.67 bits per heavy atom. The van der Waals surface area contributed by atoms with E-state index in [1.807, 2.05) is 23.1 Å². The average molecular weight is 427 g/mol. The van der Waals surface area contributed by atoms with Crippen LogP contribution in [0.5, 0.6) is 0 Å². The van der Waals surface area contributed by atoms with E-state index in [-0.39, 0.29) is 5.54 Å². The molecule has 7 nitrogen and oxygen atoms in total. The number of ether oxygens (including phenoxy) is 1. The van der Waals surface area contributed by atoms with Crippen LogP contribution in [0.1, 0.15) is 32.7 Å². The third-order valence-electron chi connectivity index (χ3n) is 6.92. The van der Waals surface area contributed by atoms with Crippen molar-refractivity contribution in [3.8, 4) is 5.69 Å². The molecule has 0 N–H and O–H groups in total. The SMILES string of the molecule is C[C@H]1CN(C2(C)COC2)CCN1c1cc2c(cnn2-c2cnn(C3CC3)c2)cc1Cl. The normalized spacial score (nSPS) is 24.4. The highest BCUT2D eigenvalue weighted by molar-refractivity contribution is 6.34. The molecule has 1 aromatic carbocycles. The average Bonchev–Trinajstić information content (AvgIpc) is 3.30. The standard InChI is InChI=1S/C22H27ClN6O/c1-15-11-26(22(2)13-30-14-22)5-6-27(15)21-8-20-16(7-19(21)23)9-25-29(20)18-10-24-28(12-18)17-3-4-17/h7-10,12,15,17H,3-6,11,13-14H2,1-2H3/t15-/m0/s1. The van der Waals surface area contributed by atoms with Gasteiger partial charge in [-0.1, -0.05) is 11.6 Å². The second-order valence-corrected chi connectivity index (χ2v) is 9.71. The van der Waals surface area contributed by atoms with Gasteiger partial charge >= 0.3 is 0 Å². The number of halogens is 1. The van der Waals surface area contributed by atoms with Crippen molar-refractivity contribution in [1.29, 1.82) is 0 Å². The summed E-state index contributed by atoms with van der Waals surface area (Å²) < 4.78 is 9.52. The first-order chi connectivity index (χ1) is 14.5. The van der Waals surface area contributed by atoms with Gasteiger partial charge in [-0.25, -0.2) is 4.68 Å². The number of fused-ring (bicyclic) bond motifs is 1. The first-order valence-corrected chi connectivity index (χ1v) is 11.2. The minimum atomic E-state index is 0.189. The minimum Gasteiger partial charge on any atom is -0.377 e. The summed E-state index contributed by atoms with van der Waals surface area (Å²) in [5, 5.41) is 11.0. The number of aromatic nitrogens is 4. The van der Waals surface area contributed by atoms with Crippen LogP contribution in [0, 0.1) is 0 Å². The smallest absolute Gasteiger partial charge is 0.103 e. The van der Waals surface area contributed by atoms with Crippen LogP contribution in [0.2, 0.25) is 5.02 Å². The molecule has 8 heteroatoms. The van der Waals surface area contributed by atoms with Gasteiger partial charge in [0.15, 0.2) is 0 Å². The molecule has 2 saturated heterocycles. The van der Waals surface area contributed by atoms with Crippen molar-refractivity contribution in [3.05, 3.63) is 35.7 Å². The van der Waals surface area contributed by atoms with E-state index < -0.39 is 0 Å². The van der Waals surface area contributed by atoms with Crippen molar-refractivity contribution in [3.63, 3.8) is 0 Å². The molecule has 0 bridgehead atoms. The number of nitrogens with zero attached hydrogens (tertiary/aromatic N) is 6. The number of anilines is 1. The predicted octanol–water partition coefficient (Wildman–Crippen LogP) is 3.51. The van der Waals surface area contributed by atoms with Gasteiger partial charge < -0.3 is 9.64 Å². The third-order valence-corrected chi connectivity index (χ3v) is 7.22.